The number of hydrogen-bond acceptors (Lipinski definition) is 5. The van der Waals surface area contributed by atoms with Gasteiger partial charge in [-0.25, -0.2) is 4.79 Å². The molecule has 1 N–H and O–H groups in total. The lowest BCUT2D eigenvalue weighted by atomic mass is 10.1. The Balaban J connectivity index is 2.20. The van der Waals surface area contributed by atoms with Crippen molar-refractivity contribution in [2.45, 2.75) is 12.5 Å². The molecule has 0 aliphatic heterocycles. The van der Waals surface area contributed by atoms with Crippen molar-refractivity contribution in [3.8, 4) is 23.0 Å². The summed E-state index contributed by atoms with van der Waals surface area (Å²) in [5.74, 6) is 1.27. The molecule has 128 valence electrons. The van der Waals surface area contributed by atoms with E-state index in [0.717, 1.165) is 0 Å². The smallest absolute Gasteiger partial charge is 0.345 e. The minimum absolute atomic E-state index is 0.141. The average Bonchev–Trinajstić information content (AvgIpc) is 2.61. The fourth-order valence-electron chi connectivity index (χ4n) is 2.24. The van der Waals surface area contributed by atoms with E-state index in [1.54, 1.807) is 56.7 Å². The second-order valence-electron chi connectivity index (χ2n) is 5.00. The van der Waals surface area contributed by atoms with Gasteiger partial charge in [-0.3, -0.25) is 0 Å². The van der Waals surface area contributed by atoms with Gasteiger partial charge in [0.15, 0.2) is 6.10 Å². The number of ether oxygens (including phenoxy) is 4. The molecule has 0 saturated carbocycles. The Morgan fingerprint density at radius 1 is 0.917 bits per heavy atom. The third-order valence-corrected chi connectivity index (χ3v) is 3.51. The van der Waals surface area contributed by atoms with Crippen molar-refractivity contribution in [3.05, 3.63) is 48.0 Å². The van der Waals surface area contributed by atoms with Crippen LogP contribution in [0.1, 0.15) is 5.56 Å². The van der Waals surface area contributed by atoms with E-state index >= 15 is 0 Å². The van der Waals surface area contributed by atoms with Crippen molar-refractivity contribution >= 4 is 5.97 Å². The van der Waals surface area contributed by atoms with E-state index in [-0.39, 0.29) is 6.42 Å². The van der Waals surface area contributed by atoms with Crippen LogP contribution in [0, 0.1) is 0 Å². The molecular weight excluding hydrogens is 312 g/mol. The van der Waals surface area contributed by atoms with Crippen LogP contribution in [0.25, 0.3) is 0 Å². The molecular formula is C18H20O6. The Labute approximate surface area is 140 Å². The van der Waals surface area contributed by atoms with Gasteiger partial charge in [0.2, 0.25) is 0 Å². The number of benzene rings is 2. The molecule has 0 aromatic heterocycles. The van der Waals surface area contributed by atoms with Crippen molar-refractivity contribution in [3.63, 3.8) is 0 Å². The van der Waals surface area contributed by atoms with Crippen molar-refractivity contribution in [2.24, 2.45) is 0 Å². The van der Waals surface area contributed by atoms with E-state index in [4.69, 9.17) is 18.9 Å². The molecule has 6 nitrogen and oxygen atoms in total. The summed E-state index contributed by atoms with van der Waals surface area (Å²) in [6.45, 7) is 0. The first-order valence-corrected chi connectivity index (χ1v) is 7.31. The van der Waals surface area contributed by atoms with Gasteiger partial charge in [-0.1, -0.05) is 0 Å². The third-order valence-electron chi connectivity index (χ3n) is 3.51. The summed E-state index contributed by atoms with van der Waals surface area (Å²) in [6, 6.07) is 12.0. The second-order valence-corrected chi connectivity index (χ2v) is 5.00. The standard InChI is InChI=1S/C18H20O6/c1-21-13-4-6-14(7-5-13)24-17(18(19)20)11-12-10-15(22-2)8-9-16(12)23-3/h4-10,17H,11H2,1-3H3,(H,19,20)/t17-/m1/s1. The van der Waals surface area contributed by atoms with Crippen LogP contribution >= 0.6 is 0 Å². The molecule has 0 amide bonds. The van der Waals surface area contributed by atoms with E-state index in [9.17, 15) is 9.90 Å². The van der Waals surface area contributed by atoms with Crippen LogP contribution < -0.4 is 18.9 Å². The van der Waals surface area contributed by atoms with Crippen LogP contribution in [0.5, 0.6) is 23.0 Å². The van der Waals surface area contributed by atoms with Gasteiger partial charge in [0.1, 0.15) is 23.0 Å². The molecule has 0 spiro atoms. The van der Waals surface area contributed by atoms with Crippen molar-refractivity contribution in [1.29, 1.82) is 0 Å². The number of rotatable bonds is 8. The van der Waals surface area contributed by atoms with Gasteiger partial charge < -0.3 is 24.1 Å². The van der Waals surface area contributed by atoms with Gasteiger partial charge >= 0.3 is 5.97 Å². The first kappa shape index (κ1) is 17.5. The number of methoxy groups -OCH3 is 3. The molecule has 2 rings (SSSR count). The van der Waals surface area contributed by atoms with Gasteiger partial charge in [-0.05, 0) is 42.5 Å². The van der Waals surface area contributed by atoms with Gasteiger partial charge in [-0.2, -0.15) is 0 Å². The van der Waals surface area contributed by atoms with Crippen LogP contribution in [0.4, 0.5) is 0 Å². The van der Waals surface area contributed by atoms with Crippen LogP contribution in [0.3, 0.4) is 0 Å². The highest BCUT2D eigenvalue weighted by Crippen LogP contribution is 2.26. The number of carboxylic acid groups (broad SMARTS) is 1. The maximum absolute atomic E-state index is 11.6. The van der Waals surface area contributed by atoms with Gasteiger partial charge in [0, 0.05) is 12.0 Å². The molecule has 0 aliphatic carbocycles. The molecule has 0 fully saturated rings. The number of aliphatic carboxylic acids is 1. The summed E-state index contributed by atoms with van der Waals surface area (Å²) >= 11 is 0. The molecule has 1 atom stereocenters. The predicted molar refractivity (Wildman–Crippen MR) is 88.3 cm³/mol. The average molecular weight is 332 g/mol. The van der Waals surface area contributed by atoms with E-state index < -0.39 is 12.1 Å². The summed E-state index contributed by atoms with van der Waals surface area (Å²) in [6.07, 6.45) is -0.915. The highest BCUT2D eigenvalue weighted by molar-refractivity contribution is 5.73. The molecule has 0 bridgehead atoms. The molecule has 0 heterocycles. The minimum atomic E-state index is -1.06. The van der Waals surface area contributed by atoms with E-state index in [1.165, 1.54) is 7.11 Å². The quantitative estimate of drug-likeness (QED) is 0.801. The van der Waals surface area contributed by atoms with Crippen LogP contribution in [-0.4, -0.2) is 38.5 Å². The molecule has 2 aromatic rings. The zero-order chi connectivity index (χ0) is 17.5. The Morgan fingerprint density at radius 2 is 1.50 bits per heavy atom. The highest BCUT2D eigenvalue weighted by atomic mass is 16.5. The SMILES string of the molecule is COc1ccc(O[C@H](Cc2cc(OC)ccc2OC)C(=O)O)cc1. The van der Waals surface area contributed by atoms with Crippen LogP contribution in [0.2, 0.25) is 0 Å². The molecule has 0 radical (unpaired) electrons. The zero-order valence-electron chi connectivity index (χ0n) is 13.8. The predicted octanol–water partition coefficient (Wildman–Crippen LogP) is 2.79. The topological polar surface area (TPSA) is 74.2 Å². The first-order valence-electron chi connectivity index (χ1n) is 7.31. The Bertz CT molecular complexity index is 680. The fourth-order valence-corrected chi connectivity index (χ4v) is 2.24. The lowest BCUT2D eigenvalue weighted by molar-refractivity contribution is -0.145. The molecule has 6 heteroatoms. The molecule has 0 unspecified atom stereocenters. The van der Waals surface area contributed by atoms with Gasteiger partial charge in [0.25, 0.3) is 0 Å². The lowest BCUT2D eigenvalue weighted by Gasteiger charge is -2.17. The largest absolute Gasteiger partial charge is 0.497 e. The minimum Gasteiger partial charge on any atom is -0.497 e. The molecule has 2 aromatic carbocycles. The maximum Gasteiger partial charge on any atom is 0.345 e. The molecule has 0 saturated heterocycles. The maximum atomic E-state index is 11.6. The van der Waals surface area contributed by atoms with Crippen LogP contribution in [0.15, 0.2) is 42.5 Å². The molecule has 24 heavy (non-hydrogen) atoms. The molecule has 0 aliphatic rings. The summed E-state index contributed by atoms with van der Waals surface area (Å²) in [5.41, 5.74) is 0.692. The van der Waals surface area contributed by atoms with E-state index in [2.05, 4.69) is 0 Å². The number of hydrogen-bond donors (Lipinski definition) is 1. The Morgan fingerprint density at radius 3 is 2.04 bits per heavy atom. The van der Waals surface area contributed by atoms with Gasteiger partial charge in [-0.15, -0.1) is 0 Å². The number of carbonyl (C=O) groups is 1. The van der Waals surface area contributed by atoms with E-state index in [0.29, 0.717) is 28.6 Å². The normalized spacial score (nSPS) is 11.5. The monoisotopic (exact) mass is 332 g/mol. The summed E-state index contributed by atoms with van der Waals surface area (Å²) in [4.78, 5) is 11.6. The van der Waals surface area contributed by atoms with Crippen molar-refractivity contribution in [1.82, 2.24) is 0 Å². The highest BCUT2D eigenvalue weighted by Gasteiger charge is 2.22. The number of carboxylic acids is 1. The first-order chi connectivity index (χ1) is 11.6. The van der Waals surface area contributed by atoms with Crippen molar-refractivity contribution < 1.29 is 28.8 Å². The second kappa shape index (κ2) is 8.10. The fraction of sp³-hybridized carbons (Fsp3) is 0.278. The Kier molecular flexibility index (Phi) is 5.89. The third kappa shape index (κ3) is 4.32. The summed E-state index contributed by atoms with van der Waals surface area (Å²) < 4.78 is 21.1. The Hall–Kier alpha value is -2.89. The van der Waals surface area contributed by atoms with E-state index in [1.807, 2.05) is 0 Å². The van der Waals surface area contributed by atoms with Crippen LogP contribution in [-0.2, 0) is 11.2 Å². The summed E-state index contributed by atoms with van der Waals surface area (Å²) in [7, 11) is 4.64. The summed E-state index contributed by atoms with van der Waals surface area (Å²) in [5, 5.41) is 9.46. The van der Waals surface area contributed by atoms with Gasteiger partial charge in [0.05, 0.1) is 21.3 Å². The zero-order valence-corrected chi connectivity index (χ0v) is 13.8. The van der Waals surface area contributed by atoms with Crippen molar-refractivity contribution in [2.75, 3.05) is 21.3 Å². The lowest BCUT2D eigenvalue weighted by Crippen LogP contribution is -2.29.